The predicted molar refractivity (Wildman–Crippen MR) is 93.3 cm³/mol. The predicted octanol–water partition coefficient (Wildman–Crippen LogP) is 3.47. The second-order valence-electron chi connectivity index (χ2n) is 5.71. The maximum Gasteiger partial charge on any atom is 0.302 e. The van der Waals surface area contributed by atoms with Crippen LogP contribution in [0.2, 0.25) is 0 Å². The Morgan fingerprint density at radius 2 is 1.67 bits per heavy atom. The van der Waals surface area contributed by atoms with Gasteiger partial charge in [-0.15, -0.1) is 0 Å². The highest BCUT2D eigenvalue weighted by atomic mass is 19.1. The van der Waals surface area contributed by atoms with Crippen LogP contribution < -0.4 is 5.73 Å². The summed E-state index contributed by atoms with van der Waals surface area (Å²) in [6.07, 6.45) is -0.241. The molecule has 0 saturated heterocycles. The summed E-state index contributed by atoms with van der Waals surface area (Å²) in [6.45, 7) is 1.22. The number of hydrogen-bond acceptors (Lipinski definition) is 4. The van der Waals surface area contributed by atoms with E-state index in [1.807, 2.05) is 0 Å². The second-order valence-corrected chi connectivity index (χ2v) is 5.71. The van der Waals surface area contributed by atoms with E-state index >= 15 is 0 Å². The van der Waals surface area contributed by atoms with Crippen LogP contribution in [0.1, 0.15) is 29.3 Å². The van der Waals surface area contributed by atoms with Crippen LogP contribution in [0.15, 0.2) is 41.4 Å². The molecule has 0 saturated carbocycles. The van der Waals surface area contributed by atoms with Gasteiger partial charge in [0.05, 0.1) is 13.0 Å². The van der Waals surface area contributed by atoms with Gasteiger partial charge in [0.15, 0.2) is 17.4 Å². The summed E-state index contributed by atoms with van der Waals surface area (Å²) in [5.41, 5.74) is 5.50. The number of nitrogens with zero attached hydrogens (tertiary/aromatic N) is 1. The minimum absolute atomic E-state index is 0.00879. The van der Waals surface area contributed by atoms with Crippen molar-refractivity contribution in [3.05, 3.63) is 65.0 Å². The minimum atomic E-state index is -0.954. The molecule has 0 aliphatic carbocycles. The van der Waals surface area contributed by atoms with Gasteiger partial charge >= 0.3 is 5.97 Å². The van der Waals surface area contributed by atoms with Crippen molar-refractivity contribution in [2.24, 2.45) is 10.7 Å². The average Bonchev–Trinajstić information content (AvgIpc) is 2.58. The third kappa shape index (κ3) is 5.95. The summed E-state index contributed by atoms with van der Waals surface area (Å²) in [5, 5.41) is 0. The number of ketones is 1. The first-order valence-corrected chi connectivity index (χ1v) is 7.99. The van der Waals surface area contributed by atoms with E-state index in [1.165, 1.54) is 19.1 Å². The van der Waals surface area contributed by atoms with Gasteiger partial charge in [-0.2, -0.15) is 0 Å². The number of carbonyl (C=O) groups is 2. The first-order valence-electron chi connectivity index (χ1n) is 7.99. The van der Waals surface area contributed by atoms with E-state index in [9.17, 15) is 22.8 Å². The summed E-state index contributed by atoms with van der Waals surface area (Å²) in [6, 6.07) is 6.91. The minimum Gasteiger partial charge on any atom is -0.466 e. The van der Waals surface area contributed by atoms with Crippen LogP contribution in [-0.4, -0.2) is 24.2 Å². The molecule has 0 fully saturated rings. The molecule has 2 aromatic rings. The molecule has 0 radical (unpaired) electrons. The monoisotopic (exact) mass is 378 g/mol. The van der Waals surface area contributed by atoms with Crippen LogP contribution in [0.3, 0.4) is 0 Å². The van der Waals surface area contributed by atoms with Gasteiger partial charge in [0, 0.05) is 18.9 Å². The Kier molecular flexibility index (Phi) is 6.70. The zero-order chi connectivity index (χ0) is 20.0. The number of ether oxygens (including phenoxy) is 1. The molecule has 2 N–H and O–H groups in total. The molecule has 0 atom stereocenters. The highest BCUT2D eigenvalue weighted by Gasteiger charge is 2.14. The SMILES string of the molecule is CC(=O)OCCc1cc(F)c(N=C(N)CC(=O)c2ccc(F)cc2)c(F)c1. The van der Waals surface area contributed by atoms with E-state index in [0.717, 1.165) is 24.3 Å². The lowest BCUT2D eigenvalue weighted by Crippen LogP contribution is -2.17. The van der Waals surface area contributed by atoms with Gasteiger partial charge < -0.3 is 10.5 Å². The number of halogens is 3. The van der Waals surface area contributed by atoms with E-state index in [4.69, 9.17) is 10.5 Å². The number of hydrogen-bond donors (Lipinski definition) is 1. The van der Waals surface area contributed by atoms with Gasteiger partial charge in [-0.3, -0.25) is 9.59 Å². The molecule has 0 bridgehead atoms. The van der Waals surface area contributed by atoms with Crippen molar-refractivity contribution in [1.82, 2.24) is 0 Å². The summed E-state index contributed by atoms with van der Waals surface area (Å²) in [7, 11) is 0. The summed E-state index contributed by atoms with van der Waals surface area (Å²) < 4.78 is 45.8. The Balaban J connectivity index is 2.11. The fourth-order valence-electron chi connectivity index (χ4n) is 2.27. The quantitative estimate of drug-likeness (QED) is 0.346. The average molecular weight is 378 g/mol. The molecule has 0 amide bonds. The number of benzene rings is 2. The molecular weight excluding hydrogens is 361 g/mol. The second kappa shape index (κ2) is 8.98. The number of rotatable bonds is 7. The van der Waals surface area contributed by atoms with Crippen molar-refractivity contribution in [3.8, 4) is 0 Å². The van der Waals surface area contributed by atoms with E-state index < -0.39 is 34.9 Å². The van der Waals surface area contributed by atoms with Gasteiger partial charge in [0.1, 0.15) is 17.3 Å². The smallest absolute Gasteiger partial charge is 0.302 e. The van der Waals surface area contributed by atoms with Crippen molar-refractivity contribution < 1.29 is 27.5 Å². The van der Waals surface area contributed by atoms with Gasteiger partial charge in [0.25, 0.3) is 0 Å². The maximum atomic E-state index is 14.1. The number of carbonyl (C=O) groups excluding carboxylic acids is 2. The number of nitrogens with two attached hydrogens (primary N) is 1. The fourth-order valence-corrected chi connectivity index (χ4v) is 2.27. The van der Waals surface area contributed by atoms with Crippen LogP contribution in [0.25, 0.3) is 0 Å². The topological polar surface area (TPSA) is 81.8 Å². The molecule has 5 nitrogen and oxygen atoms in total. The third-order valence-corrected chi connectivity index (χ3v) is 3.54. The molecule has 27 heavy (non-hydrogen) atoms. The van der Waals surface area contributed by atoms with Gasteiger partial charge in [-0.05, 0) is 42.0 Å². The first kappa shape index (κ1) is 20.2. The fraction of sp³-hybridized carbons (Fsp3) is 0.211. The lowest BCUT2D eigenvalue weighted by atomic mass is 10.1. The van der Waals surface area contributed by atoms with E-state index in [1.54, 1.807) is 0 Å². The van der Waals surface area contributed by atoms with Crippen molar-refractivity contribution in [2.75, 3.05) is 6.61 Å². The highest BCUT2D eigenvalue weighted by Crippen LogP contribution is 2.24. The van der Waals surface area contributed by atoms with E-state index in [0.29, 0.717) is 0 Å². The summed E-state index contributed by atoms with van der Waals surface area (Å²) in [5.74, 6) is -3.64. The number of esters is 1. The lowest BCUT2D eigenvalue weighted by Gasteiger charge is -2.07. The molecule has 0 aromatic heterocycles. The van der Waals surface area contributed by atoms with Crippen molar-refractivity contribution in [1.29, 1.82) is 0 Å². The summed E-state index contributed by atoms with van der Waals surface area (Å²) in [4.78, 5) is 26.4. The van der Waals surface area contributed by atoms with E-state index in [-0.39, 0.29) is 36.4 Å². The zero-order valence-electron chi connectivity index (χ0n) is 14.5. The van der Waals surface area contributed by atoms with Crippen LogP contribution in [-0.2, 0) is 16.0 Å². The normalized spacial score (nSPS) is 11.3. The highest BCUT2D eigenvalue weighted by molar-refractivity contribution is 6.09. The van der Waals surface area contributed by atoms with Crippen LogP contribution in [0.4, 0.5) is 18.9 Å². The third-order valence-electron chi connectivity index (χ3n) is 3.54. The Bertz CT molecular complexity index is 857. The maximum absolute atomic E-state index is 14.1. The Hall–Kier alpha value is -3.16. The molecular formula is C19H17F3N2O3. The molecule has 8 heteroatoms. The molecule has 0 spiro atoms. The molecule has 142 valence electrons. The van der Waals surface area contributed by atoms with Gasteiger partial charge in [-0.25, -0.2) is 18.2 Å². The van der Waals surface area contributed by atoms with Crippen LogP contribution in [0, 0.1) is 17.5 Å². The zero-order valence-corrected chi connectivity index (χ0v) is 14.5. The molecule has 2 aromatic carbocycles. The Morgan fingerprint density at radius 1 is 1.07 bits per heavy atom. The van der Waals surface area contributed by atoms with E-state index in [2.05, 4.69) is 4.99 Å². The largest absolute Gasteiger partial charge is 0.466 e. The molecule has 0 unspecified atom stereocenters. The number of aliphatic imine (C=N–C) groups is 1. The van der Waals surface area contributed by atoms with Crippen molar-refractivity contribution in [2.45, 2.75) is 19.8 Å². The summed E-state index contributed by atoms with van der Waals surface area (Å²) >= 11 is 0. The Morgan fingerprint density at radius 3 is 2.22 bits per heavy atom. The Labute approximate surface area is 153 Å². The molecule has 2 rings (SSSR count). The standard InChI is InChI=1S/C19H17F3N2O3/c1-11(25)27-7-6-12-8-15(21)19(16(22)9-12)24-18(23)10-17(26)13-2-4-14(20)5-3-13/h2-5,8-9H,6-7,10H2,1H3,(H2,23,24). The van der Waals surface area contributed by atoms with Gasteiger partial charge in [-0.1, -0.05) is 0 Å². The number of amidine groups is 1. The number of Topliss-reactive ketones (excluding diaryl/α,β-unsaturated/α-hetero) is 1. The molecule has 0 aliphatic heterocycles. The molecule has 0 aliphatic rings. The van der Waals surface area contributed by atoms with Crippen molar-refractivity contribution in [3.63, 3.8) is 0 Å². The van der Waals surface area contributed by atoms with Crippen LogP contribution >= 0.6 is 0 Å². The lowest BCUT2D eigenvalue weighted by molar-refractivity contribution is -0.140. The van der Waals surface area contributed by atoms with Gasteiger partial charge in [0.2, 0.25) is 0 Å². The first-order chi connectivity index (χ1) is 12.8. The van der Waals surface area contributed by atoms with Crippen LogP contribution in [0.5, 0.6) is 0 Å². The van der Waals surface area contributed by atoms with Crippen molar-refractivity contribution >= 4 is 23.3 Å². The molecule has 0 heterocycles.